The fourth-order valence-corrected chi connectivity index (χ4v) is 1.91. The van der Waals surface area contributed by atoms with Crippen molar-refractivity contribution >= 4 is 16.5 Å². The highest BCUT2D eigenvalue weighted by atomic mass is 32.1. The van der Waals surface area contributed by atoms with Crippen LogP contribution in [0.2, 0.25) is 0 Å². The molecule has 0 amide bonds. The Hall–Kier alpha value is -0.570. The summed E-state index contributed by atoms with van der Waals surface area (Å²) in [7, 11) is 4.06. The van der Waals surface area contributed by atoms with Crippen molar-refractivity contribution in [3.63, 3.8) is 0 Å². The maximum atomic E-state index is 4.60. The molecule has 13 heavy (non-hydrogen) atoms. The molecule has 0 saturated carbocycles. The molecule has 0 atom stereocenters. The van der Waals surface area contributed by atoms with Gasteiger partial charge in [0.2, 0.25) is 0 Å². The van der Waals surface area contributed by atoms with Crippen molar-refractivity contribution in [1.82, 2.24) is 4.98 Å². The van der Waals surface area contributed by atoms with E-state index in [1.807, 2.05) is 14.1 Å². The minimum absolute atomic E-state index is 0.213. The van der Waals surface area contributed by atoms with Gasteiger partial charge in [0, 0.05) is 24.9 Å². The van der Waals surface area contributed by atoms with Gasteiger partial charge in [-0.3, -0.25) is 0 Å². The van der Waals surface area contributed by atoms with Crippen LogP contribution in [-0.2, 0) is 5.41 Å². The van der Waals surface area contributed by atoms with Crippen molar-refractivity contribution in [2.24, 2.45) is 0 Å². The van der Waals surface area contributed by atoms with Gasteiger partial charge in [-0.05, 0) is 6.42 Å². The van der Waals surface area contributed by atoms with Crippen LogP contribution >= 0.6 is 11.3 Å². The van der Waals surface area contributed by atoms with E-state index in [-0.39, 0.29) is 5.41 Å². The van der Waals surface area contributed by atoms with Crippen molar-refractivity contribution in [2.75, 3.05) is 19.0 Å². The molecule has 0 radical (unpaired) electrons. The second kappa shape index (κ2) is 3.66. The molecule has 0 bridgehead atoms. The minimum atomic E-state index is 0.213. The average molecular weight is 198 g/mol. The quantitative estimate of drug-likeness (QED) is 0.742. The van der Waals surface area contributed by atoms with Crippen molar-refractivity contribution < 1.29 is 0 Å². The zero-order chi connectivity index (χ0) is 10.1. The van der Waals surface area contributed by atoms with Gasteiger partial charge in [-0.2, -0.15) is 0 Å². The van der Waals surface area contributed by atoms with Gasteiger partial charge in [0.15, 0.2) is 5.13 Å². The summed E-state index contributed by atoms with van der Waals surface area (Å²) >= 11 is 1.71. The topological polar surface area (TPSA) is 16.1 Å². The molecule has 0 fully saturated rings. The van der Waals surface area contributed by atoms with Crippen LogP contribution in [0.1, 0.15) is 32.9 Å². The van der Waals surface area contributed by atoms with Crippen LogP contribution in [0.15, 0.2) is 5.38 Å². The second-order valence-corrected chi connectivity index (χ2v) is 4.98. The van der Waals surface area contributed by atoms with Crippen LogP contribution < -0.4 is 4.90 Å². The fourth-order valence-electron chi connectivity index (χ4n) is 0.962. The molecule has 0 unspecified atom stereocenters. The summed E-state index contributed by atoms with van der Waals surface area (Å²) in [6.45, 7) is 6.68. The fraction of sp³-hybridized carbons (Fsp3) is 0.700. The zero-order valence-electron chi connectivity index (χ0n) is 9.09. The Morgan fingerprint density at radius 3 is 2.46 bits per heavy atom. The molecule has 1 rings (SSSR count). The molecule has 0 aliphatic heterocycles. The van der Waals surface area contributed by atoms with Crippen molar-refractivity contribution in [3.05, 3.63) is 11.1 Å². The molecule has 74 valence electrons. The lowest BCUT2D eigenvalue weighted by molar-refractivity contribution is 0.493. The summed E-state index contributed by atoms with van der Waals surface area (Å²) in [6, 6.07) is 0. The molecule has 1 heterocycles. The lowest BCUT2D eigenvalue weighted by atomic mass is 9.87. The van der Waals surface area contributed by atoms with Crippen LogP contribution in [-0.4, -0.2) is 19.1 Å². The molecule has 2 nitrogen and oxygen atoms in total. The molecule has 3 heteroatoms. The molecule has 0 saturated heterocycles. The number of anilines is 1. The van der Waals surface area contributed by atoms with Crippen LogP contribution in [0.5, 0.6) is 0 Å². The number of aromatic nitrogens is 1. The average Bonchev–Trinajstić information content (AvgIpc) is 2.52. The van der Waals surface area contributed by atoms with Gasteiger partial charge in [0.05, 0.1) is 5.69 Å². The highest BCUT2D eigenvalue weighted by molar-refractivity contribution is 7.13. The molecule has 0 aliphatic carbocycles. The van der Waals surface area contributed by atoms with E-state index in [1.54, 1.807) is 11.3 Å². The normalized spacial score (nSPS) is 11.8. The third kappa shape index (κ3) is 2.21. The first kappa shape index (κ1) is 10.5. The second-order valence-electron chi connectivity index (χ2n) is 4.15. The molecular formula is C10H18N2S. The largest absolute Gasteiger partial charge is 0.354 e. The summed E-state index contributed by atoms with van der Waals surface area (Å²) in [6.07, 6.45) is 1.13. The van der Waals surface area contributed by atoms with Gasteiger partial charge in [0.1, 0.15) is 0 Å². The van der Waals surface area contributed by atoms with Gasteiger partial charge in [-0.15, -0.1) is 11.3 Å². The van der Waals surface area contributed by atoms with Crippen molar-refractivity contribution in [1.29, 1.82) is 0 Å². The van der Waals surface area contributed by atoms with Gasteiger partial charge in [-0.1, -0.05) is 20.8 Å². The number of hydrogen-bond donors (Lipinski definition) is 0. The predicted octanol–water partition coefficient (Wildman–Crippen LogP) is 2.90. The van der Waals surface area contributed by atoms with E-state index in [2.05, 4.69) is 36.0 Å². The Labute approximate surface area is 84.6 Å². The lowest BCUT2D eigenvalue weighted by Gasteiger charge is -2.19. The maximum Gasteiger partial charge on any atom is 0.184 e. The lowest BCUT2D eigenvalue weighted by Crippen LogP contribution is -2.16. The van der Waals surface area contributed by atoms with Gasteiger partial charge in [0.25, 0.3) is 0 Å². The first-order valence-electron chi connectivity index (χ1n) is 4.60. The van der Waals surface area contributed by atoms with Gasteiger partial charge in [-0.25, -0.2) is 4.98 Å². The highest BCUT2D eigenvalue weighted by Gasteiger charge is 2.21. The summed E-state index contributed by atoms with van der Waals surface area (Å²) in [5, 5.41) is 3.26. The maximum absolute atomic E-state index is 4.60. The molecule has 0 N–H and O–H groups in total. The third-order valence-corrected chi connectivity index (χ3v) is 3.46. The molecule has 1 aromatic rings. The van der Waals surface area contributed by atoms with Crippen LogP contribution in [0, 0.1) is 0 Å². The highest BCUT2D eigenvalue weighted by Crippen LogP contribution is 2.30. The number of nitrogens with zero attached hydrogens (tertiary/aromatic N) is 2. The molecule has 0 aliphatic rings. The third-order valence-electron chi connectivity index (χ3n) is 2.45. The predicted molar refractivity (Wildman–Crippen MR) is 59.8 cm³/mol. The van der Waals surface area contributed by atoms with Crippen molar-refractivity contribution in [3.8, 4) is 0 Å². The van der Waals surface area contributed by atoms with Crippen LogP contribution in [0.3, 0.4) is 0 Å². The Morgan fingerprint density at radius 1 is 1.46 bits per heavy atom. The van der Waals surface area contributed by atoms with E-state index in [0.29, 0.717) is 0 Å². The first-order valence-corrected chi connectivity index (χ1v) is 5.48. The SMILES string of the molecule is CCC(C)(C)c1csc(N(C)C)n1. The van der Waals surface area contributed by atoms with Crippen molar-refractivity contribution in [2.45, 2.75) is 32.6 Å². The Kier molecular flexibility index (Phi) is 2.96. The monoisotopic (exact) mass is 198 g/mol. The van der Waals surface area contributed by atoms with E-state index in [0.717, 1.165) is 11.6 Å². The van der Waals surface area contributed by atoms with Crippen LogP contribution in [0.25, 0.3) is 0 Å². The van der Waals surface area contributed by atoms with E-state index < -0.39 is 0 Å². The van der Waals surface area contributed by atoms with E-state index >= 15 is 0 Å². The standard InChI is InChI=1S/C10H18N2S/c1-6-10(2,3)8-7-13-9(11-8)12(4)5/h7H,6H2,1-5H3. The Balaban J connectivity index is 2.91. The molecule has 0 aromatic carbocycles. The number of thiazole rings is 1. The Morgan fingerprint density at radius 2 is 2.08 bits per heavy atom. The smallest absolute Gasteiger partial charge is 0.184 e. The molecular weight excluding hydrogens is 180 g/mol. The number of hydrogen-bond acceptors (Lipinski definition) is 3. The summed E-state index contributed by atoms with van der Waals surface area (Å²) < 4.78 is 0. The molecule has 1 aromatic heterocycles. The van der Waals surface area contributed by atoms with E-state index in [1.165, 1.54) is 5.69 Å². The van der Waals surface area contributed by atoms with E-state index in [4.69, 9.17) is 0 Å². The van der Waals surface area contributed by atoms with Gasteiger partial charge >= 0.3 is 0 Å². The van der Waals surface area contributed by atoms with E-state index in [9.17, 15) is 0 Å². The minimum Gasteiger partial charge on any atom is -0.354 e. The van der Waals surface area contributed by atoms with Gasteiger partial charge < -0.3 is 4.90 Å². The number of rotatable bonds is 3. The Bertz CT molecular complexity index is 276. The summed E-state index contributed by atoms with van der Waals surface area (Å²) in [4.78, 5) is 6.65. The molecule has 0 spiro atoms. The summed E-state index contributed by atoms with van der Waals surface area (Å²) in [5.41, 5.74) is 1.42. The first-order chi connectivity index (χ1) is 5.97. The summed E-state index contributed by atoms with van der Waals surface area (Å²) in [5.74, 6) is 0. The van der Waals surface area contributed by atoms with Crippen LogP contribution in [0.4, 0.5) is 5.13 Å². The zero-order valence-corrected chi connectivity index (χ0v) is 9.90.